The highest BCUT2D eigenvalue weighted by atomic mass is 31.2. The number of hydrogen-bond acceptors (Lipinski definition) is 10. The van der Waals surface area contributed by atoms with E-state index >= 15 is 0 Å². The van der Waals surface area contributed by atoms with Gasteiger partial charge in [0.15, 0.2) is 0 Å². The van der Waals surface area contributed by atoms with Crippen molar-refractivity contribution in [3.05, 3.63) is 143 Å². The summed E-state index contributed by atoms with van der Waals surface area (Å²) in [6.45, 7) is 9.14. The average Bonchev–Trinajstić information content (AvgIpc) is 3.01. The molecule has 0 aromatic heterocycles. The Morgan fingerprint density at radius 1 is 0.489 bits per heavy atom. The fourth-order valence-electron chi connectivity index (χ4n) is 4.16. The molecule has 0 N–H and O–H groups in total. The van der Waals surface area contributed by atoms with E-state index in [0.717, 1.165) is 34.9 Å². The lowest BCUT2D eigenvalue weighted by Gasteiger charge is -2.20. The van der Waals surface area contributed by atoms with Crippen molar-refractivity contribution in [2.24, 2.45) is 0 Å². The largest absolute Gasteiger partial charge is 0.646 e. The van der Waals surface area contributed by atoms with Gasteiger partial charge < -0.3 is 27.8 Å². The second-order valence-electron chi connectivity index (χ2n) is 10.5. The summed E-state index contributed by atoms with van der Waals surface area (Å²) in [4.78, 5) is 37.8. The Morgan fingerprint density at radius 2 is 0.723 bits per heavy atom. The second kappa shape index (κ2) is 17.6. The molecule has 47 heavy (non-hydrogen) atoms. The number of phosphoric acid groups is 1. The molecule has 248 valence electrons. The Kier molecular flexibility index (Phi) is 13.6. The molecule has 3 aromatic carbocycles. The number of esters is 3. The van der Waals surface area contributed by atoms with Crippen LogP contribution in [0.2, 0.25) is 0 Å². The Hall–Kier alpha value is -5.08. The molecule has 0 aliphatic carbocycles. The van der Waals surface area contributed by atoms with Gasteiger partial charge in [0.05, 0.1) is 18.2 Å². The fourth-order valence-corrected chi connectivity index (χ4v) is 5.49. The van der Waals surface area contributed by atoms with Crippen molar-refractivity contribution in [2.45, 2.75) is 59.9 Å². The summed E-state index contributed by atoms with van der Waals surface area (Å²) >= 11 is 0. The van der Waals surface area contributed by atoms with Crippen LogP contribution in [0.3, 0.4) is 0 Å². The summed E-state index contributed by atoms with van der Waals surface area (Å²) in [5, 5.41) is 0. The molecule has 0 bridgehead atoms. The molecule has 10 nitrogen and oxygen atoms in total. The third-order valence-corrected chi connectivity index (χ3v) is 7.95. The molecule has 0 heterocycles. The molecular formula is C36H39O10P. The first kappa shape index (κ1) is 36.4. The number of hydrogen-bond donors (Lipinski definition) is 0. The smallest absolute Gasteiger partial charge is 0.455 e. The van der Waals surface area contributed by atoms with Crippen LogP contribution in [-0.2, 0) is 46.7 Å². The van der Waals surface area contributed by atoms with E-state index in [4.69, 9.17) is 27.8 Å². The Bertz CT molecular complexity index is 1440. The van der Waals surface area contributed by atoms with Crippen LogP contribution in [0.15, 0.2) is 127 Å². The zero-order valence-corrected chi connectivity index (χ0v) is 28.0. The molecule has 0 radical (unpaired) electrons. The normalized spacial score (nSPS) is 15.2. The molecule has 0 aliphatic heterocycles. The summed E-state index contributed by atoms with van der Waals surface area (Å²) in [6.07, 6.45) is 1.20. The average molecular weight is 663 g/mol. The number of carbonyl (C=O) groups excluding carboxylic acids is 3. The SMILES string of the molecule is C/C(=C\C(=O)OC(C)c1ccccc1)OP(=O)(O/C(C)=C/C(=O)OC(C)c1ccccc1)O/C(C)=C/C(=O)OC(C)c1ccccc1. The number of phosphoric ester groups is 1. The van der Waals surface area contributed by atoms with Crippen LogP contribution in [0.4, 0.5) is 0 Å². The van der Waals surface area contributed by atoms with Crippen molar-refractivity contribution in [1.82, 2.24) is 0 Å². The van der Waals surface area contributed by atoms with Crippen molar-refractivity contribution < 1.29 is 46.7 Å². The lowest BCUT2D eigenvalue weighted by Crippen LogP contribution is -2.09. The van der Waals surface area contributed by atoms with Crippen molar-refractivity contribution in [3.63, 3.8) is 0 Å². The zero-order chi connectivity index (χ0) is 34.4. The van der Waals surface area contributed by atoms with Gasteiger partial charge in [-0.2, -0.15) is 4.57 Å². The second-order valence-corrected chi connectivity index (χ2v) is 11.9. The molecule has 3 rings (SSSR count). The summed E-state index contributed by atoms with van der Waals surface area (Å²) in [5.74, 6) is -2.87. The number of ether oxygens (including phenoxy) is 3. The van der Waals surface area contributed by atoms with Crippen molar-refractivity contribution in [1.29, 1.82) is 0 Å². The summed E-state index contributed by atoms with van der Waals surface area (Å²) in [6, 6.07) is 27.3. The molecule has 3 atom stereocenters. The molecule has 3 aromatic rings. The summed E-state index contributed by atoms with van der Waals surface area (Å²) < 4.78 is 46.6. The van der Waals surface area contributed by atoms with Crippen LogP contribution in [0.25, 0.3) is 0 Å². The standard InChI is InChI=1S/C36H39O10P/c1-25(22-34(37)41-28(4)31-16-10-7-11-17-31)44-47(40,45-26(2)23-35(38)42-29(5)32-18-12-8-13-19-32)46-27(3)24-36(39)43-30(6)33-20-14-9-15-21-33/h7-24,28-30H,1-6H3/b25-22+,26-23+,27-24+. The summed E-state index contributed by atoms with van der Waals surface area (Å²) in [7, 11) is -4.66. The quantitative estimate of drug-likeness (QED) is 0.0513. The number of allylic oxidation sites excluding steroid dienone is 3. The topological polar surface area (TPSA) is 124 Å². The molecule has 0 saturated carbocycles. The van der Waals surface area contributed by atoms with Crippen LogP contribution in [0.5, 0.6) is 0 Å². The van der Waals surface area contributed by atoms with Crippen LogP contribution in [-0.4, -0.2) is 17.9 Å². The van der Waals surface area contributed by atoms with Crippen molar-refractivity contribution in [3.8, 4) is 0 Å². The van der Waals surface area contributed by atoms with Gasteiger partial charge in [0.1, 0.15) is 35.6 Å². The fraction of sp³-hybridized carbons (Fsp3) is 0.250. The molecule has 0 amide bonds. The molecule has 11 heteroatoms. The minimum absolute atomic E-state index is 0.181. The molecule has 0 aliphatic rings. The van der Waals surface area contributed by atoms with Crippen molar-refractivity contribution in [2.75, 3.05) is 0 Å². The van der Waals surface area contributed by atoms with Gasteiger partial charge in [-0.05, 0) is 58.2 Å². The minimum Gasteiger partial charge on any atom is -0.455 e. The first-order valence-electron chi connectivity index (χ1n) is 14.8. The monoisotopic (exact) mass is 662 g/mol. The predicted octanol–water partition coefficient (Wildman–Crippen LogP) is 8.77. The predicted molar refractivity (Wildman–Crippen MR) is 175 cm³/mol. The van der Waals surface area contributed by atoms with Gasteiger partial charge in [-0.25, -0.2) is 14.4 Å². The number of carbonyl (C=O) groups is 3. The lowest BCUT2D eigenvalue weighted by atomic mass is 10.1. The van der Waals surface area contributed by atoms with E-state index in [-0.39, 0.29) is 17.3 Å². The molecule has 0 spiro atoms. The van der Waals surface area contributed by atoms with E-state index < -0.39 is 44.0 Å². The van der Waals surface area contributed by atoms with Crippen LogP contribution in [0, 0.1) is 0 Å². The third-order valence-electron chi connectivity index (χ3n) is 6.42. The van der Waals surface area contributed by atoms with Crippen LogP contribution in [0.1, 0.15) is 76.5 Å². The van der Waals surface area contributed by atoms with E-state index in [1.807, 2.05) is 91.0 Å². The van der Waals surface area contributed by atoms with Gasteiger partial charge in [-0.1, -0.05) is 91.0 Å². The van der Waals surface area contributed by atoms with Gasteiger partial charge in [-0.15, -0.1) is 0 Å². The maximum atomic E-state index is 13.9. The Balaban J connectivity index is 1.76. The van der Waals surface area contributed by atoms with E-state index in [2.05, 4.69) is 0 Å². The van der Waals surface area contributed by atoms with E-state index in [0.29, 0.717) is 0 Å². The highest BCUT2D eigenvalue weighted by Gasteiger charge is 2.34. The lowest BCUT2D eigenvalue weighted by molar-refractivity contribution is -0.143. The minimum atomic E-state index is -4.66. The third kappa shape index (κ3) is 12.7. The Morgan fingerprint density at radius 3 is 0.957 bits per heavy atom. The zero-order valence-electron chi connectivity index (χ0n) is 27.2. The number of benzene rings is 3. The summed E-state index contributed by atoms with van der Waals surface area (Å²) in [5.41, 5.74) is 2.32. The number of rotatable bonds is 15. The van der Waals surface area contributed by atoms with Gasteiger partial charge in [0.2, 0.25) is 0 Å². The molecular weight excluding hydrogens is 623 g/mol. The maximum absolute atomic E-state index is 13.9. The molecule has 3 unspecified atom stereocenters. The highest BCUT2D eigenvalue weighted by molar-refractivity contribution is 7.48. The Labute approximate surface area is 275 Å². The first-order valence-corrected chi connectivity index (χ1v) is 16.3. The van der Waals surface area contributed by atoms with Gasteiger partial charge >= 0.3 is 25.7 Å². The van der Waals surface area contributed by atoms with Gasteiger partial charge in [-0.3, -0.25) is 0 Å². The maximum Gasteiger partial charge on any atom is 0.646 e. The first-order chi connectivity index (χ1) is 22.3. The van der Waals surface area contributed by atoms with Crippen molar-refractivity contribution >= 4 is 25.7 Å². The van der Waals surface area contributed by atoms with E-state index in [1.165, 1.54) is 20.8 Å². The molecule has 0 saturated heterocycles. The van der Waals surface area contributed by atoms with Gasteiger partial charge in [0.25, 0.3) is 0 Å². The van der Waals surface area contributed by atoms with Crippen LogP contribution >= 0.6 is 7.82 Å². The van der Waals surface area contributed by atoms with Gasteiger partial charge in [0, 0.05) is 0 Å². The highest BCUT2D eigenvalue weighted by Crippen LogP contribution is 2.54. The van der Waals surface area contributed by atoms with E-state index in [9.17, 15) is 18.9 Å². The van der Waals surface area contributed by atoms with Crippen LogP contribution < -0.4 is 0 Å². The van der Waals surface area contributed by atoms with E-state index in [1.54, 1.807) is 20.8 Å². The molecule has 0 fully saturated rings.